The van der Waals surface area contributed by atoms with Gasteiger partial charge in [0.2, 0.25) is 0 Å². The number of halogens is 1. The number of pyridine rings is 1. The molecular weight excluding hydrogens is 487 g/mol. The van der Waals surface area contributed by atoms with Crippen molar-refractivity contribution in [2.45, 2.75) is 13.1 Å². The van der Waals surface area contributed by atoms with Crippen LogP contribution >= 0.6 is 9.69 Å². The fourth-order valence-electron chi connectivity index (χ4n) is 2.26. The van der Waals surface area contributed by atoms with Crippen molar-refractivity contribution in [2.75, 3.05) is 26.2 Å². The van der Waals surface area contributed by atoms with Crippen LogP contribution in [0.4, 0.5) is 0 Å². The predicted octanol–water partition coefficient (Wildman–Crippen LogP) is -0.289. The van der Waals surface area contributed by atoms with Gasteiger partial charge in [-0.05, 0) is 12.1 Å². The first kappa shape index (κ1) is 25.9. The quantitative estimate of drug-likeness (QED) is 0.275. The molecule has 0 aromatic carbocycles. The van der Waals surface area contributed by atoms with E-state index in [-0.39, 0.29) is 13.1 Å². The third-order valence-corrected chi connectivity index (χ3v) is 3.07. The average molecular weight is 506 g/mol. The van der Waals surface area contributed by atoms with Gasteiger partial charge in [-0.2, -0.15) is 0 Å². The van der Waals surface area contributed by atoms with Gasteiger partial charge < -0.3 is 20.4 Å². The summed E-state index contributed by atoms with van der Waals surface area (Å²) in [7, 11) is 4.57. The zero-order chi connectivity index (χ0) is 21.7. The van der Waals surface area contributed by atoms with Crippen LogP contribution in [0.5, 0.6) is 0 Å². The fraction of sp³-hybridized carbons (Fsp3) is 0.400. The minimum atomic E-state index is -1.18. The second-order valence-corrected chi connectivity index (χ2v) is 5.49. The Kier molecular flexibility index (Phi) is 12.9. The second kappa shape index (κ2) is 13.9. The molecule has 0 amide bonds. The van der Waals surface area contributed by atoms with Gasteiger partial charge in [0.25, 0.3) is 0 Å². The molecule has 28 heavy (non-hydrogen) atoms. The van der Waals surface area contributed by atoms with E-state index in [1.165, 1.54) is 9.80 Å². The summed E-state index contributed by atoms with van der Waals surface area (Å²) in [6, 6.07) is 4.73. The molecule has 157 valence electrons. The number of hydrogen-bond donors (Lipinski definition) is 4. The van der Waals surface area contributed by atoms with Gasteiger partial charge in [0, 0.05) is 13.1 Å². The van der Waals surface area contributed by atoms with E-state index < -0.39 is 50.1 Å². The van der Waals surface area contributed by atoms with Gasteiger partial charge in [-0.3, -0.25) is 34.0 Å². The zero-order valence-corrected chi connectivity index (χ0v) is 17.0. The molecule has 0 saturated carbocycles. The Bertz CT molecular complexity index is 606. The monoisotopic (exact) mass is 506 g/mol. The fourth-order valence-corrected chi connectivity index (χ4v) is 2.26. The Morgan fingerprint density at radius 2 is 1.04 bits per heavy atom. The van der Waals surface area contributed by atoms with Crippen LogP contribution in [0.3, 0.4) is 0 Å². The summed E-state index contributed by atoms with van der Waals surface area (Å²) in [6.07, 6.45) is 0. The molecule has 0 unspecified atom stereocenters. The molecule has 0 atom stereocenters. The number of carbonyl (C=O) groups is 4. The summed E-state index contributed by atoms with van der Waals surface area (Å²) in [4.78, 5) is 49.9. The van der Waals surface area contributed by atoms with E-state index >= 15 is 0 Å². The third kappa shape index (κ3) is 12.3. The van der Waals surface area contributed by atoms with Crippen LogP contribution in [0.25, 0.3) is 0 Å². The van der Waals surface area contributed by atoms with Gasteiger partial charge in [-0.1, -0.05) is 6.07 Å². The van der Waals surface area contributed by atoms with Crippen LogP contribution in [0.15, 0.2) is 18.2 Å². The van der Waals surface area contributed by atoms with Crippen molar-refractivity contribution >= 4 is 33.6 Å². The van der Waals surface area contributed by atoms with Crippen LogP contribution in [0, 0.1) is 0 Å². The van der Waals surface area contributed by atoms with Crippen molar-refractivity contribution < 1.29 is 56.9 Å². The Hall–Kier alpha value is -2.14. The molecule has 0 aliphatic rings. The molecule has 1 rings (SSSR count). The second-order valence-electron chi connectivity index (χ2n) is 5.49. The first-order valence-corrected chi connectivity index (χ1v) is 9.79. The molecule has 0 bridgehead atoms. The molecule has 1 heterocycles. The van der Waals surface area contributed by atoms with Crippen LogP contribution in [0.1, 0.15) is 11.4 Å². The number of nitrogens with zero attached hydrogens (tertiary/aromatic N) is 3. The van der Waals surface area contributed by atoms with E-state index in [0.717, 1.165) is 0 Å². The van der Waals surface area contributed by atoms with Gasteiger partial charge in [0.1, 0.15) is 0 Å². The Morgan fingerprint density at radius 3 is 1.29 bits per heavy atom. The van der Waals surface area contributed by atoms with Gasteiger partial charge in [0.15, 0.2) is 0 Å². The molecule has 0 aliphatic carbocycles. The summed E-state index contributed by atoms with van der Waals surface area (Å²) in [5.41, 5.74) is 0.770. The van der Waals surface area contributed by atoms with Crippen molar-refractivity contribution in [3.05, 3.63) is 29.6 Å². The molecular formula is C15H19ClN3O8Ru. The van der Waals surface area contributed by atoms with Crippen molar-refractivity contribution in [1.82, 2.24) is 14.8 Å². The van der Waals surface area contributed by atoms with E-state index in [1.807, 2.05) is 17.3 Å². The van der Waals surface area contributed by atoms with Crippen LogP contribution < -0.4 is 0 Å². The zero-order valence-electron chi connectivity index (χ0n) is 14.5. The standard InChI is InChI=1S/C15H19N3O8.ClH.Ru/c19-12(20)6-17(7-13(21)22)4-10-2-1-3-11(16-10)5-18(8-14(23)24)9-15(25)26;;/h1-3H,4-9H2,(H,19,20)(H,21,22)(H,23,24)(H,25,26);1H;/q;;+1/p-1. The Labute approximate surface area is 174 Å². The summed E-state index contributed by atoms with van der Waals surface area (Å²) in [5.74, 6) is -4.74. The van der Waals surface area contributed by atoms with Crippen molar-refractivity contribution in [3.8, 4) is 0 Å². The van der Waals surface area contributed by atoms with E-state index in [9.17, 15) is 19.2 Å². The Balaban J connectivity index is 0.00000352. The van der Waals surface area contributed by atoms with Crippen molar-refractivity contribution in [1.29, 1.82) is 0 Å². The topological polar surface area (TPSA) is 169 Å². The normalized spacial score (nSPS) is 10.3. The number of aliphatic carboxylic acids is 4. The van der Waals surface area contributed by atoms with Gasteiger partial charge in [-0.25, -0.2) is 0 Å². The van der Waals surface area contributed by atoms with E-state index in [2.05, 4.69) is 14.7 Å². The summed E-state index contributed by atoms with van der Waals surface area (Å²) < 4.78 is 0. The van der Waals surface area contributed by atoms with Gasteiger partial charge in [-0.15, -0.1) is 0 Å². The molecule has 0 radical (unpaired) electrons. The summed E-state index contributed by atoms with van der Waals surface area (Å²) >= 11 is 1.82. The van der Waals surface area contributed by atoms with Crippen LogP contribution in [0.2, 0.25) is 0 Å². The molecule has 0 fully saturated rings. The third-order valence-electron chi connectivity index (χ3n) is 3.07. The summed E-state index contributed by atoms with van der Waals surface area (Å²) in [5, 5.41) is 35.4. The molecule has 11 nitrogen and oxygen atoms in total. The van der Waals surface area contributed by atoms with E-state index in [4.69, 9.17) is 20.4 Å². The maximum absolute atomic E-state index is 10.8. The van der Waals surface area contributed by atoms with E-state index in [1.54, 1.807) is 18.2 Å². The minimum absolute atomic E-state index is 0.0374. The number of carboxylic acid groups (broad SMARTS) is 4. The molecule has 1 aromatic rings. The summed E-state index contributed by atoms with van der Waals surface area (Å²) in [6.45, 7) is -2.01. The van der Waals surface area contributed by atoms with Gasteiger partial charge >= 0.3 is 50.9 Å². The predicted molar refractivity (Wildman–Crippen MR) is 91.2 cm³/mol. The number of rotatable bonds is 12. The van der Waals surface area contributed by atoms with E-state index in [0.29, 0.717) is 11.4 Å². The molecule has 0 spiro atoms. The first-order valence-electron chi connectivity index (χ1n) is 7.55. The van der Waals surface area contributed by atoms with Crippen molar-refractivity contribution in [3.63, 3.8) is 0 Å². The molecule has 4 N–H and O–H groups in total. The molecule has 13 heteroatoms. The van der Waals surface area contributed by atoms with Crippen LogP contribution in [-0.2, 0) is 49.6 Å². The number of carboxylic acids is 4. The van der Waals surface area contributed by atoms with Crippen LogP contribution in [-0.4, -0.2) is 85.3 Å². The molecule has 0 aliphatic heterocycles. The molecule has 1 aromatic heterocycles. The Morgan fingerprint density at radius 1 is 0.750 bits per heavy atom. The molecule has 0 saturated heterocycles. The number of hydrogen-bond acceptors (Lipinski definition) is 7. The SMILES string of the molecule is O=C(O)CN(CC(=O)O)Cc1cccc(CN(CC(=O)O)CC(=O)O)n1.[Cl][Ru]. The first-order chi connectivity index (χ1) is 13.2. The maximum atomic E-state index is 10.8. The van der Waals surface area contributed by atoms with Gasteiger partial charge in [0.05, 0.1) is 37.6 Å². The average Bonchev–Trinajstić information content (AvgIpc) is 2.54. The number of aromatic nitrogens is 1. The van der Waals surface area contributed by atoms with Crippen molar-refractivity contribution in [2.24, 2.45) is 0 Å².